The molecule has 0 aromatic rings. The first-order valence-electron chi connectivity index (χ1n) is 14.0. The van der Waals surface area contributed by atoms with Crippen LogP contribution in [0.2, 0.25) is 0 Å². The van der Waals surface area contributed by atoms with Crippen molar-refractivity contribution < 1.29 is 33.8 Å². The molecule has 42 heavy (non-hydrogen) atoms. The van der Waals surface area contributed by atoms with Crippen LogP contribution in [0.25, 0.3) is 0 Å². The van der Waals surface area contributed by atoms with E-state index in [0.717, 1.165) is 36.8 Å². The molecule has 2 atom stereocenters. The van der Waals surface area contributed by atoms with Crippen LogP contribution in [0.4, 0.5) is 0 Å². The van der Waals surface area contributed by atoms with E-state index < -0.39 is 23.1 Å². The number of rotatable bonds is 15. The number of aliphatic hydroxyl groups is 1. The summed E-state index contributed by atoms with van der Waals surface area (Å²) in [5.41, 5.74) is 2.48. The molecule has 0 aromatic heterocycles. The molecule has 0 aliphatic rings. The van der Waals surface area contributed by atoms with Gasteiger partial charge in [0.25, 0.3) is 0 Å². The summed E-state index contributed by atoms with van der Waals surface area (Å²) in [4.78, 5) is 45.3. The molecule has 0 heterocycles. The molecular formula is C33H54Cl2O7. The first-order valence-corrected chi connectivity index (χ1v) is 15.1. The number of hydrogen-bond donors (Lipinski definition) is 1. The maximum absolute atomic E-state index is 11.6. The Morgan fingerprint density at radius 2 is 0.952 bits per heavy atom. The Morgan fingerprint density at radius 1 is 0.619 bits per heavy atom. The quantitative estimate of drug-likeness (QED) is 0.110. The van der Waals surface area contributed by atoms with Gasteiger partial charge in [-0.2, -0.15) is 0 Å². The summed E-state index contributed by atoms with van der Waals surface area (Å²) in [7, 11) is 0. The molecule has 0 fully saturated rings. The van der Waals surface area contributed by atoms with Crippen molar-refractivity contribution in [1.29, 1.82) is 0 Å². The van der Waals surface area contributed by atoms with Crippen LogP contribution in [0, 0.1) is 0 Å². The lowest BCUT2D eigenvalue weighted by molar-refractivity contribution is -0.162. The molecule has 0 bridgehead atoms. The number of aliphatic hydroxyl groups excluding tert-OH is 1. The van der Waals surface area contributed by atoms with E-state index >= 15 is 0 Å². The van der Waals surface area contributed by atoms with Crippen molar-refractivity contribution in [2.24, 2.45) is 0 Å². The molecule has 0 saturated carbocycles. The number of halogens is 2. The Kier molecular flexibility index (Phi) is 25.5. The molecule has 0 aliphatic carbocycles. The molecule has 242 valence electrons. The lowest BCUT2D eigenvalue weighted by Gasteiger charge is -2.25. The van der Waals surface area contributed by atoms with Crippen LogP contribution in [0.15, 0.2) is 46.6 Å². The monoisotopic (exact) mass is 632 g/mol. The lowest BCUT2D eigenvalue weighted by Crippen LogP contribution is -2.37. The summed E-state index contributed by atoms with van der Waals surface area (Å²) in [6.45, 7) is 18.9. The number of Topliss-reactive ketones (excluding diaryl/α,β-unsaturated/α-hetero) is 2. The van der Waals surface area contributed by atoms with Crippen LogP contribution >= 0.6 is 23.2 Å². The fraction of sp³-hybridized carbons (Fsp3) is 0.636. The van der Waals surface area contributed by atoms with Gasteiger partial charge in [0.2, 0.25) is 0 Å². The zero-order chi connectivity index (χ0) is 33.5. The fourth-order valence-corrected chi connectivity index (χ4v) is 3.29. The van der Waals surface area contributed by atoms with Gasteiger partial charge in [-0.3, -0.25) is 19.2 Å². The number of allylic oxidation sites excluding steroid dienone is 5. The number of carbonyl (C=O) groups is 4. The molecule has 1 N–H and O–H groups in total. The first-order chi connectivity index (χ1) is 19.3. The van der Waals surface area contributed by atoms with E-state index in [9.17, 15) is 19.2 Å². The van der Waals surface area contributed by atoms with Crippen LogP contribution in [0.3, 0.4) is 0 Å². The Hall–Kier alpha value is -2.22. The Morgan fingerprint density at radius 3 is 1.21 bits per heavy atom. The lowest BCUT2D eigenvalue weighted by atomic mass is 9.95. The van der Waals surface area contributed by atoms with E-state index in [2.05, 4.69) is 19.9 Å². The zero-order valence-electron chi connectivity index (χ0n) is 27.6. The van der Waals surface area contributed by atoms with E-state index in [4.69, 9.17) is 37.8 Å². The average Bonchev–Trinajstić information content (AvgIpc) is 2.86. The normalized spacial score (nSPS) is 14.5. The zero-order valence-corrected chi connectivity index (χ0v) is 29.1. The highest BCUT2D eigenvalue weighted by molar-refractivity contribution is 6.40. The molecule has 0 saturated heterocycles. The topological polar surface area (TPSA) is 107 Å². The molecule has 0 aromatic carbocycles. The second kappa shape index (κ2) is 24.2. The van der Waals surface area contributed by atoms with Gasteiger partial charge < -0.3 is 14.6 Å². The number of alkyl halides is 2. The maximum atomic E-state index is 11.6. The minimum absolute atomic E-state index is 0.0810. The highest BCUT2D eigenvalue weighted by Crippen LogP contribution is 2.21. The molecule has 0 rings (SSSR count). The van der Waals surface area contributed by atoms with Gasteiger partial charge in [0, 0.05) is 26.7 Å². The van der Waals surface area contributed by atoms with E-state index in [-0.39, 0.29) is 23.5 Å². The van der Waals surface area contributed by atoms with E-state index in [1.54, 1.807) is 13.8 Å². The summed E-state index contributed by atoms with van der Waals surface area (Å²) < 4.78 is 10.3. The Balaban J connectivity index is -0.000000662. The van der Waals surface area contributed by atoms with Crippen molar-refractivity contribution >= 4 is 46.7 Å². The van der Waals surface area contributed by atoms with Crippen molar-refractivity contribution in [3.8, 4) is 0 Å². The van der Waals surface area contributed by atoms with Gasteiger partial charge in [0.15, 0.2) is 22.8 Å². The van der Waals surface area contributed by atoms with Crippen LogP contribution in [0.1, 0.15) is 115 Å². The third-order valence-corrected chi connectivity index (χ3v) is 6.28. The third-order valence-electron chi connectivity index (χ3n) is 6.28. The smallest absolute Gasteiger partial charge is 0.303 e. The summed E-state index contributed by atoms with van der Waals surface area (Å²) >= 11 is 9.53. The van der Waals surface area contributed by atoms with Crippen molar-refractivity contribution in [1.82, 2.24) is 0 Å². The summed E-state index contributed by atoms with van der Waals surface area (Å²) in [6, 6.07) is 0. The van der Waals surface area contributed by atoms with Crippen molar-refractivity contribution in [2.75, 3.05) is 11.9 Å². The predicted octanol–water partition coefficient (Wildman–Crippen LogP) is 8.35. The van der Waals surface area contributed by atoms with Gasteiger partial charge in [0.1, 0.15) is 0 Å². The second-order valence-electron chi connectivity index (χ2n) is 10.9. The van der Waals surface area contributed by atoms with Crippen molar-refractivity contribution in [2.45, 2.75) is 126 Å². The number of hydrogen-bond acceptors (Lipinski definition) is 7. The average molecular weight is 634 g/mol. The molecular weight excluding hydrogens is 579 g/mol. The van der Waals surface area contributed by atoms with Crippen molar-refractivity contribution in [3.63, 3.8) is 0 Å². The number of esters is 2. The Bertz CT molecular complexity index is 975. The number of carbonyl (C=O) groups excluding carboxylic acids is 4. The molecule has 7 nitrogen and oxygen atoms in total. The van der Waals surface area contributed by atoms with Crippen LogP contribution < -0.4 is 0 Å². The molecule has 0 aliphatic heterocycles. The summed E-state index contributed by atoms with van der Waals surface area (Å²) in [6.07, 6.45) is 12.6. The third kappa shape index (κ3) is 24.4. The van der Waals surface area contributed by atoms with Gasteiger partial charge in [-0.1, -0.05) is 46.6 Å². The Labute approximate surface area is 264 Å². The van der Waals surface area contributed by atoms with Crippen LogP contribution in [0.5, 0.6) is 0 Å². The van der Waals surface area contributed by atoms with Gasteiger partial charge >= 0.3 is 11.9 Å². The highest BCUT2D eigenvalue weighted by Gasteiger charge is 2.32. The fourth-order valence-electron chi connectivity index (χ4n) is 3.29. The van der Waals surface area contributed by atoms with Crippen LogP contribution in [-0.2, 0) is 28.7 Å². The van der Waals surface area contributed by atoms with Crippen LogP contribution in [-0.4, -0.2) is 51.8 Å². The number of ether oxygens (including phenoxy) is 2. The van der Waals surface area contributed by atoms with E-state index in [1.807, 2.05) is 39.0 Å². The van der Waals surface area contributed by atoms with E-state index in [1.165, 1.54) is 38.8 Å². The first kappa shape index (κ1) is 44.2. The molecule has 0 radical (unpaired) electrons. The summed E-state index contributed by atoms with van der Waals surface area (Å²) in [5, 5.41) is 9.08. The minimum atomic E-state index is -1.08. The van der Waals surface area contributed by atoms with Gasteiger partial charge in [-0.25, -0.2) is 0 Å². The maximum Gasteiger partial charge on any atom is 0.303 e. The SMILES string of the molecule is CC(=O)OC(C)(C/C=C(/C)CC/C=C(\C)CO)C(C)=O.CC(=O)OC(C)(C/C=C(/C)CCC=C(C)C)C(C)=O.ClCCl. The van der Waals surface area contributed by atoms with Gasteiger partial charge in [-0.05, 0) is 88.0 Å². The molecule has 9 heteroatoms. The largest absolute Gasteiger partial charge is 0.451 e. The standard InChI is InChI=1S/C16H26O4.C16H26O3.CH2Cl2/c1-12(7-6-8-13(2)11-17)9-10-16(5,14(3)18)20-15(4)19;1-12(2)8-7-9-13(3)10-11-16(6,14(4)17)19-15(5)18;2-1-3/h8-9,17H,6-7,10-11H2,1-5H3;8,10H,7,9,11H2,1-6H3;1H2/b12-9-,13-8+;13-10-;. The van der Waals surface area contributed by atoms with Crippen molar-refractivity contribution in [3.05, 3.63) is 46.6 Å². The van der Waals surface area contributed by atoms with Gasteiger partial charge in [-0.15, -0.1) is 23.2 Å². The number of ketones is 2. The molecule has 0 amide bonds. The summed E-state index contributed by atoms with van der Waals surface area (Å²) in [5.74, 6) is -1.16. The van der Waals surface area contributed by atoms with E-state index in [0.29, 0.717) is 12.8 Å². The van der Waals surface area contributed by atoms with Gasteiger partial charge in [0.05, 0.1) is 11.9 Å². The predicted molar refractivity (Wildman–Crippen MR) is 174 cm³/mol. The molecule has 2 unspecified atom stereocenters. The highest BCUT2D eigenvalue weighted by atomic mass is 35.5. The minimum Gasteiger partial charge on any atom is -0.451 e. The second-order valence-corrected chi connectivity index (χ2v) is 11.7. The molecule has 0 spiro atoms.